The lowest BCUT2D eigenvalue weighted by Crippen LogP contribution is -2.10. The summed E-state index contributed by atoms with van der Waals surface area (Å²) in [6, 6.07) is 7.32. The van der Waals surface area contributed by atoms with Gasteiger partial charge in [0.15, 0.2) is 5.78 Å². The highest BCUT2D eigenvalue weighted by Crippen LogP contribution is 2.18. The molecule has 1 aromatic carbocycles. The zero-order valence-corrected chi connectivity index (χ0v) is 14.9. The lowest BCUT2D eigenvalue weighted by atomic mass is 10.0. The van der Waals surface area contributed by atoms with E-state index >= 15 is 0 Å². The monoisotopic (exact) mass is 366 g/mol. The van der Waals surface area contributed by atoms with Crippen LogP contribution in [0, 0.1) is 0 Å². The number of ketones is 1. The van der Waals surface area contributed by atoms with Crippen molar-refractivity contribution < 1.29 is 24.2 Å². The molecule has 2 rings (SSSR count). The van der Waals surface area contributed by atoms with Crippen LogP contribution in [0.4, 0.5) is 0 Å². The molecular formula is C19H23ClO5. The molecular weight excluding hydrogens is 344 g/mol. The number of hydrogen-bond donors (Lipinski definition) is 1. The number of unbranched alkanes of at least 4 members (excludes halogenated alkanes) is 5. The second-order valence-electron chi connectivity index (χ2n) is 5.99. The maximum absolute atomic E-state index is 11.9. The van der Waals surface area contributed by atoms with Gasteiger partial charge in [-0.05, 0) is 37.1 Å². The van der Waals surface area contributed by atoms with Gasteiger partial charge in [-0.2, -0.15) is 0 Å². The molecule has 0 radical (unpaired) electrons. The smallest absolute Gasteiger partial charge is 0.345 e. The minimum absolute atomic E-state index is 0.167. The zero-order chi connectivity index (χ0) is 18.1. The minimum Gasteiger partial charge on any atom is -0.508 e. The topological polar surface area (TPSA) is 72.8 Å². The van der Waals surface area contributed by atoms with Gasteiger partial charge in [0, 0.05) is 11.4 Å². The number of benzene rings is 1. The molecule has 0 saturated carbocycles. The SMILES string of the molecule is O=C(CCCCCCCCOc1ccc(Cl)cc1)C1=C(O)COC1=O. The Kier molecular flexibility index (Phi) is 7.79. The Hall–Kier alpha value is -2.01. The molecule has 0 bridgehead atoms. The maximum Gasteiger partial charge on any atom is 0.345 e. The molecule has 25 heavy (non-hydrogen) atoms. The van der Waals surface area contributed by atoms with Crippen LogP contribution in [0.25, 0.3) is 0 Å². The molecule has 0 unspecified atom stereocenters. The van der Waals surface area contributed by atoms with Crippen molar-refractivity contribution in [3.8, 4) is 5.75 Å². The van der Waals surface area contributed by atoms with Crippen molar-refractivity contribution in [1.29, 1.82) is 0 Å². The van der Waals surface area contributed by atoms with Crippen molar-refractivity contribution in [3.63, 3.8) is 0 Å². The van der Waals surface area contributed by atoms with E-state index in [-0.39, 0.29) is 30.1 Å². The van der Waals surface area contributed by atoms with Crippen molar-refractivity contribution in [2.45, 2.75) is 44.9 Å². The standard InChI is InChI=1S/C19H23ClO5/c20-14-8-10-15(11-9-14)24-12-6-4-2-1-3-5-7-16(21)18-17(22)13-25-19(18)23/h8-11,22H,1-7,12-13H2. The van der Waals surface area contributed by atoms with Crippen LogP contribution in [0.15, 0.2) is 35.6 Å². The number of aliphatic hydroxyl groups is 1. The summed E-state index contributed by atoms with van der Waals surface area (Å²) in [4.78, 5) is 23.2. The van der Waals surface area contributed by atoms with E-state index in [1.165, 1.54) is 0 Å². The molecule has 1 aliphatic heterocycles. The molecule has 0 fully saturated rings. The summed E-state index contributed by atoms with van der Waals surface area (Å²) in [5.41, 5.74) is -0.167. The Bertz CT molecular complexity index is 621. The Morgan fingerprint density at radius 2 is 1.72 bits per heavy atom. The van der Waals surface area contributed by atoms with Crippen LogP contribution < -0.4 is 4.74 Å². The van der Waals surface area contributed by atoms with Gasteiger partial charge < -0.3 is 14.6 Å². The van der Waals surface area contributed by atoms with E-state index in [0.717, 1.165) is 37.9 Å². The molecule has 1 aliphatic rings. The molecule has 136 valence electrons. The summed E-state index contributed by atoms with van der Waals surface area (Å²) >= 11 is 5.81. The Balaban J connectivity index is 1.47. The number of cyclic esters (lactones) is 1. The van der Waals surface area contributed by atoms with Crippen LogP contribution in [0.1, 0.15) is 44.9 Å². The van der Waals surface area contributed by atoms with Gasteiger partial charge in [0.25, 0.3) is 0 Å². The third kappa shape index (κ3) is 6.42. The predicted molar refractivity (Wildman–Crippen MR) is 94.9 cm³/mol. The van der Waals surface area contributed by atoms with Crippen LogP contribution in [0.3, 0.4) is 0 Å². The third-order valence-electron chi connectivity index (χ3n) is 3.99. The van der Waals surface area contributed by atoms with Crippen molar-refractivity contribution in [2.75, 3.05) is 13.2 Å². The maximum atomic E-state index is 11.9. The summed E-state index contributed by atoms with van der Waals surface area (Å²) in [6.07, 6.45) is 6.07. The van der Waals surface area contributed by atoms with Gasteiger partial charge >= 0.3 is 5.97 Å². The van der Waals surface area contributed by atoms with Crippen molar-refractivity contribution >= 4 is 23.4 Å². The number of hydrogen-bond acceptors (Lipinski definition) is 5. The fourth-order valence-corrected chi connectivity index (χ4v) is 2.74. The van der Waals surface area contributed by atoms with Crippen molar-refractivity contribution in [2.24, 2.45) is 0 Å². The number of rotatable bonds is 11. The van der Waals surface area contributed by atoms with Crippen LogP contribution in [0.2, 0.25) is 5.02 Å². The average Bonchev–Trinajstić information content (AvgIpc) is 2.93. The summed E-state index contributed by atoms with van der Waals surface area (Å²) in [6.45, 7) is 0.494. The van der Waals surface area contributed by atoms with Crippen LogP contribution in [-0.4, -0.2) is 30.1 Å². The second-order valence-corrected chi connectivity index (χ2v) is 6.43. The average molecular weight is 367 g/mol. The van der Waals surface area contributed by atoms with E-state index in [9.17, 15) is 14.7 Å². The quantitative estimate of drug-likeness (QED) is 0.357. The normalized spacial score (nSPS) is 13.9. The van der Waals surface area contributed by atoms with Gasteiger partial charge in [-0.25, -0.2) is 4.79 Å². The molecule has 6 heteroatoms. The first-order valence-corrected chi connectivity index (χ1v) is 8.96. The first kappa shape index (κ1) is 19.3. The molecule has 0 spiro atoms. The van der Waals surface area contributed by atoms with Gasteiger partial charge in [0.05, 0.1) is 6.61 Å². The van der Waals surface area contributed by atoms with Gasteiger partial charge in [-0.3, -0.25) is 4.79 Å². The summed E-state index contributed by atoms with van der Waals surface area (Å²) in [5.74, 6) is -0.443. The van der Waals surface area contributed by atoms with E-state index in [0.29, 0.717) is 18.1 Å². The molecule has 1 N–H and O–H groups in total. The van der Waals surface area contributed by atoms with Crippen LogP contribution in [-0.2, 0) is 14.3 Å². The number of halogens is 1. The number of carbonyl (C=O) groups excluding carboxylic acids is 2. The molecule has 5 nitrogen and oxygen atoms in total. The fraction of sp³-hybridized carbons (Fsp3) is 0.474. The number of Topliss-reactive ketones (excluding diaryl/α,β-unsaturated/α-hetero) is 1. The lowest BCUT2D eigenvalue weighted by Gasteiger charge is -2.06. The minimum atomic E-state index is -0.705. The highest BCUT2D eigenvalue weighted by molar-refractivity contribution is 6.30. The molecule has 0 atom stereocenters. The largest absolute Gasteiger partial charge is 0.508 e. The molecule has 1 heterocycles. The van der Waals surface area contributed by atoms with Gasteiger partial charge in [-0.1, -0.05) is 37.3 Å². The van der Waals surface area contributed by atoms with Crippen molar-refractivity contribution in [1.82, 2.24) is 0 Å². The molecule has 0 saturated heterocycles. The summed E-state index contributed by atoms with van der Waals surface area (Å²) < 4.78 is 10.2. The van der Waals surface area contributed by atoms with E-state index in [4.69, 9.17) is 16.3 Å². The summed E-state index contributed by atoms with van der Waals surface area (Å²) in [5, 5.41) is 10.1. The molecule has 1 aromatic rings. The fourth-order valence-electron chi connectivity index (χ4n) is 2.61. The van der Waals surface area contributed by atoms with Gasteiger partial charge in [0.2, 0.25) is 0 Å². The molecule has 0 amide bonds. The highest BCUT2D eigenvalue weighted by Gasteiger charge is 2.29. The first-order chi connectivity index (χ1) is 12.1. The second kappa shape index (κ2) is 10.1. The van der Waals surface area contributed by atoms with E-state index in [1.54, 1.807) is 12.1 Å². The number of aliphatic hydroxyl groups excluding tert-OH is 1. The zero-order valence-electron chi connectivity index (χ0n) is 14.1. The lowest BCUT2D eigenvalue weighted by molar-refractivity contribution is -0.137. The Labute approximate surface area is 152 Å². The molecule has 0 aliphatic carbocycles. The Morgan fingerprint density at radius 3 is 2.36 bits per heavy atom. The van der Waals surface area contributed by atoms with E-state index < -0.39 is 5.97 Å². The van der Waals surface area contributed by atoms with Crippen LogP contribution in [0.5, 0.6) is 5.75 Å². The van der Waals surface area contributed by atoms with Crippen LogP contribution >= 0.6 is 11.6 Å². The predicted octanol–water partition coefficient (Wildman–Crippen LogP) is 4.39. The first-order valence-electron chi connectivity index (χ1n) is 8.58. The van der Waals surface area contributed by atoms with Gasteiger partial charge in [-0.15, -0.1) is 0 Å². The van der Waals surface area contributed by atoms with Crippen molar-refractivity contribution in [3.05, 3.63) is 40.6 Å². The number of carbonyl (C=O) groups is 2. The van der Waals surface area contributed by atoms with Gasteiger partial charge in [0.1, 0.15) is 23.7 Å². The third-order valence-corrected chi connectivity index (χ3v) is 4.24. The molecule has 0 aromatic heterocycles. The Morgan fingerprint density at radius 1 is 1.08 bits per heavy atom. The number of esters is 1. The van der Waals surface area contributed by atoms with E-state index in [2.05, 4.69) is 4.74 Å². The number of ether oxygens (including phenoxy) is 2. The highest BCUT2D eigenvalue weighted by atomic mass is 35.5. The summed E-state index contributed by atoms with van der Waals surface area (Å²) in [7, 11) is 0. The van der Waals surface area contributed by atoms with E-state index in [1.807, 2.05) is 12.1 Å².